The van der Waals surface area contributed by atoms with E-state index in [1.54, 1.807) is 36.4 Å². The zero-order chi connectivity index (χ0) is 28.0. The molecule has 0 aliphatic heterocycles. The van der Waals surface area contributed by atoms with Crippen LogP contribution in [0.25, 0.3) is 0 Å². The summed E-state index contributed by atoms with van der Waals surface area (Å²) in [5.41, 5.74) is 0.000881. The van der Waals surface area contributed by atoms with Crippen LogP contribution in [-0.2, 0) is 0 Å². The molecule has 0 amide bonds. The normalized spacial score (nSPS) is 10.8. The lowest BCUT2D eigenvalue weighted by molar-refractivity contribution is 0.0733. The summed E-state index contributed by atoms with van der Waals surface area (Å²) >= 11 is 0. The van der Waals surface area contributed by atoms with Crippen LogP contribution in [0.3, 0.4) is 0 Å². The van der Waals surface area contributed by atoms with Crippen molar-refractivity contribution in [1.29, 1.82) is 0 Å². The summed E-state index contributed by atoms with van der Waals surface area (Å²) in [6, 6.07) is 13.0. The van der Waals surface area contributed by atoms with E-state index in [0.717, 1.165) is 25.0 Å². The van der Waals surface area contributed by atoms with Crippen LogP contribution in [0.2, 0.25) is 0 Å². The second-order valence-electron chi connectivity index (χ2n) is 10.4. The predicted octanol–water partition coefficient (Wildman–Crippen LogP) is 9.31. The molecule has 0 fully saturated rings. The number of hydrogen-bond donors (Lipinski definition) is 0. The summed E-state index contributed by atoms with van der Waals surface area (Å²) in [7, 11) is 0. The Morgan fingerprint density at radius 2 is 0.949 bits per heavy atom. The van der Waals surface area contributed by atoms with Crippen molar-refractivity contribution < 1.29 is 19.0 Å². The largest absolute Gasteiger partial charge is 0.494 e. The quantitative estimate of drug-likeness (QED) is 0.110. The van der Waals surface area contributed by atoms with Gasteiger partial charge in [-0.15, -0.1) is 0 Å². The number of unbranched alkanes of at least 4 members (excludes halogenated alkanes) is 14. The molecule has 0 atom stereocenters. The van der Waals surface area contributed by atoms with Crippen molar-refractivity contribution in [2.45, 2.75) is 117 Å². The highest BCUT2D eigenvalue weighted by molar-refractivity contribution is 5.91. The van der Waals surface area contributed by atoms with E-state index < -0.39 is 5.97 Å². The van der Waals surface area contributed by atoms with Gasteiger partial charge in [-0.25, -0.2) is 4.79 Å². The first-order valence-corrected chi connectivity index (χ1v) is 15.4. The summed E-state index contributed by atoms with van der Waals surface area (Å²) in [6.45, 7) is 5.74. The van der Waals surface area contributed by atoms with Crippen molar-refractivity contribution in [2.24, 2.45) is 0 Å². The number of hydrogen-bond acceptors (Lipinski definition) is 5. The van der Waals surface area contributed by atoms with Crippen molar-refractivity contribution in [1.82, 2.24) is 0 Å². The topological polar surface area (TPSA) is 61.8 Å². The molecule has 0 aliphatic carbocycles. The van der Waals surface area contributed by atoms with E-state index in [1.807, 2.05) is 0 Å². The maximum absolute atomic E-state index is 12.6. The lowest BCUT2D eigenvalue weighted by atomic mass is 10.1. The zero-order valence-electron chi connectivity index (χ0n) is 24.4. The van der Waals surface area contributed by atoms with E-state index in [2.05, 4.69) is 13.8 Å². The predicted molar refractivity (Wildman–Crippen MR) is 160 cm³/mol. The van der Waals surface area contributed by atoms with Crippen LogP contribution in [0.1, 0.15) is 127 Å². The van der Waals surface area contributed by atoms with E-state index in [0.29, 0.717) is 24.5 Å². The summed E-state index contributed by atoms with van der Waals surface area (Å²) < 4.78 is 17.0. The molecule has 0 bridgehead atoms. The molecule has 2 rings (SSSR count). The summed E-state index contributed by atoms with van der Waals surface area (Å²) in [4.78, 5) is 25.0. The second kappa shape index (κ2) is 21.1. The lowest BCUT2D eigenvalue weighted by Gasteiger charge is -2.07. The minimum atomic E-state index is -0.575. The smallest absolute Gasteiger partial charge is 0.343 e. The second-order valence-corrected chi connectivity index (χ2v) is 10.4. The van der Waals surface area contributed by atoms with E-state index in [-0.39, 0.29) is 11.2 Å². The van der Waals surface area contributed by atoms with Gasteiger partial charge in [0.25, 0.3) is 0 Å². The van der Waals surface area contributed by atoms with Crippen LogP contribution >= 0.6 is 0 Å². The van der Waals surface area contributed by atoms with Gasteiger partial charge in [-0.3, -0.25) is 4.79 Å². The highest BCUT2D eigenvalue weighted by Gasteiger charge is 2.11. The fourth-order valence-corrected chi connectivity index (χ4v) is 4.41. The number of ether oxygens (including phenoxy) is 3. The minimum absolute atomic E-state index is 0.0179. The average Bonchev–Trinajstić information content (AvgIpc) is 3.12. The fourth-order valence-electron chi connectivity index (χ4n) is 4.41. The Labute approximate surface area is 236 Å². The van der Waals surface area contributed by atoms with Gasteiger partial charge < -0.3 is 14.2 Å². The van der Waals surface area contributed by atoms with E-state index in [9.17, 15) is 9.59 Å². The van der Waals surface area contributed by atoms with Crippen LogP contribution in [0.15, 0.2) is 53.3 Å². The number of carbonyl (C=O) groups is 1. The van der Waals surface area contributed by atoms with Crippen LogP contribution in [-0.4, -0.2) is 19.2 Å². The van der Waals surface area contributed by atoms with Crippen LogP contribution < -0.4 is 19.6 Å². The highest BCUT2D eigenvalue weighted by Crippen LogP contribution is 2.17. The van der Waals surface area contributed by atoms with Gasteiger partial charge in [0.05, 0.1) is 18.8 Å². The monoisotopic (exact) mass is 538 g/mol. The van der Waals surface area contributed by atoms with Gasteiger partial charge in [0.15, 0.2) is 5.75 Å². The lowest BCUT2D eigenvalue weighted by Crippen LogP contribution is -2.13. The standard InChI is InChI=1S/C34H50O5/c1-3-5-7-9-11-12-13-14-16-18-27-37-30-21-19-29(20-22-30)34(36)39-33-26-24-31(23-25-32(33)35)38-28-17-15-10-8-6-4-2/h19-26H,3-18,27-28H2,1-2H3. The first kappa shape index (κ1) is 32.4. The molecular weight excluding hydrogens is 488 g/mol. The van der Waals surface area contributed by atoms with Crippen molar-refractivity contribution in [3.05, 3.63) is 64.3 Å². The number of carbonyl (C=O) groups excluding carboxylic acids is 1. The Morgan fingerprint density at radius 1 is 0.538 bits per heavy atom. The average molecular weight is 539 g/mol. The Balaban J connectivity index is 1.68. The van der Waals surface area contributed by atoms with Crippen molar-refractivity contribution in [2.75, 3.05) is 13.2 Å². The number of benzene rings is 1. The van der Waals surface area contributed by atoms with E-state index >= 15 is 0 Å². The molecule has 216 valence electrons. The highest BCUT2D eigenvalue weighted by atomic mass is 16.5. The number of esters is 1. The van der Waals surface area contributed by atoms with Crippen LogP contribution in [0.5, 0.6) is 17.2 Å². The van der Waals surface area contributed by atoms with Gasteiger partial charge in [-0.05, 0) is 61.4 Å². The van der Waals surface area contributed by atoms with Gasteiger partial charge in [-0.1, -0.05) is 104 Å². The molecule has 39 heavy (non-hydrogen) atoms. The maximum atomic E-state index is 12.6. The fraction of sp³-hybridized carbons (Fsp3) is 0.588. The molecule has 2 aromatic carbocycles. The van der Waals surface area contributed by atoms with Crippen LogP contribution in [0, 0.1) is 0 Å². The van der Waals surface area contributed by atoms with Gasteiger partial charge in [0, 0.05) is 0 Å². The minimum Gasteiger partial charge on any atom is -0.494 e. The maximum Gasteiger partial charge on any atom is 0.343 e. The molecule has 2 aromatic rings. The third-order valence-corrected chi connectivity index (χ3v) is 6.87. The molecule has 0 aromatic heterocycles. The molecule has 0 aliphatic rings. The SMILES string of the molecule is CCCCCCCCCCCCOc1ccc(C(=O)Oc2ccc(OCCCCCCCC)ccc2=O)cc1. The van der Waals surface area contributed by atoms with E-state index in [4.69, 9.17) is 14.2 Å². The van der Waals surface area contributed by atoms with Crippen molar-refractivity contribution >= 4 is 5.97 Å². The zero-order valence-corrected chi connectivity index (χ0v) is 24.4. The summed E-state index contributed by atoms with van der Waals surface area (Å²) in [6.07, 6.45) is 20.0. The van der Waals surface area contributed by atoms with Crippen molar-refractivity contribution in [3.8, 4) is 17.2 Å². The summed E-state index contributed by atoms with van der Waals surface area (Å²) in [5, 5.41) is 0. The molecule has 0 heterocycles. The molecule has 0 saturated heterocycles. The Hall–Kier alpha value is -2.82. The third kappa shape index (κ3) is 14.8. The van der Waals surface area contributed by atoms with Gasteiger partial charge >= 0.3 is 5.97 Å². The molecular formula is C34H50O5. The first-order chi connectivity index (χ1) is 19.1. The van der Waals surface area contributed by atoms with Gasteiger partial charge in [0.2, 0.25) is 5.43 Å². The third-order valence-electron chi connectivity index (χ3n) is 6.87. The molecule has 0 radical (unpaired) electrons. The van der Waals surface area contributed by atoms with Gasteiger partial charge in [0.1, 0.15) is 11.5 Å². The first-order valence-electron chi connectivity index (χ1n) is 15.4. The molecule has 0 N–H and O–H groups in total. The van der Waals surface area contributed by atoms with Crippen molar-refractivity contribution in [3.63, 3.8) is 0 Å². The number of rotatable bonds is 22. The summed E-state index contributed by atoms with van der Waals surface area (Å²) in [5.74, 6) is 0.724. The van der Waals surface area contributed by atoms with E-state index in [1.165, 1.54) is 95.6 Å². The van der Waals surface area contributed by atoms with Gasteiger partial charge in [-0.2, -0.15) is 0 Å². The molecule has 0 unspecified atom stereocenters. The molecule has 5 nitrogen and oxygen atoms in total. The Kier molecular flexibility index (Phi) is 17.5. The molecule has 0 saturated carbocycles. The Morgan fingerprint density at radius 3 is 1.44 bits per heavy atom. The van der Waals surface area contributed by atoms with Crippen LogP contribution in [0.4, 0.5) is 0 Å². The Bertz CT molecular complexity index is 970. The molecule has 0 spiro atoms. The molecule has 5 heteroatoms.